The van der Waals surface area contributed by atoms with Crippen LogP contribution in [0.5, 0.6) is 0 Å². The highest BCUT2D eigenvalue weighted by Crippen LogP contribution is 2.43. The van der Waals surface area contributed by atoms with Crippen LogP contribution in [0.2, 0.25) is 0 Å². The summed E-state index contributed by atoms with van der Waals surface area (Å²) < 4.78 is 32.8. The summed E-state index contributed by atoms with van der Waals surface area (Å²) in [6, 6.07) is 0. The first kappa shape index (κ1) is 42.7. The van der Waals surface area contributed by atoms with Crippen molar-refractivity contribution in [2.24, 2.45) is 5.73 Å². The summed E-state index contributed by atoms with van der Waals surface area (Å²) in [5.74, 6) is -0.361. The van der Waals surface area contributed by atoms with E-state index < -0.39 is 13.9 Å². The molecule has 2 unspecified atom stereocenters. The second-order valence-corrected chi connectivity index (χ2v) is 12.8. The van der Waals surface area contributed by atoms with Crippen LogP contribution in [0.3, 0.4) is 0 Å². The third kappa shape index (κ3) is 32.1. The minimum atomic E-state index is -4.25. The van der Waals surface area contributed by atoms with Crippen LogP contribution in [-0.2, 0) is 27.9 Å². The quantitative estimate of drug-likeness (QED) is 0.0314. The Kier molecular flexibility index (Phi) is 32.1. The number of ether oxygens (including phenoxy) is 2. The molecule has 0 radical (unpaired) electrons. The molecular formula is C35H66NO7P. The van der Waals surface area contributed by atoms with Gasteiger partial charge in [-0.3, -0.25) is 13.8 Å². The molecule has 44 heavy (non-hydrogen) atoms. The van der Waals surface area contributed by atoms with Gasteiger partial charge in [0.2, 0.25) is 0 Å². The third-order valence-corrected chi connectivity index (χ3v) is 8.04. The van der Waals surface area contributed by atoms with Gasteiger partial charge in [0.25, 0.3) is 0 Å². The molecule has 0 amide bonds. The normalized spacial score (nSPS) is 14.2. The first-order valence-corrected chi connectivity index (χ1v) is 19.0. The first-order chi connectivity index (χ1) is 21.4. The SMILES string of the molecule is CCCCCCC/C=C\C/C=C\C/C=C\CCCCCCCCCOCC(COP(=O)(O)OCCN)OC(=O)CCCCC. The highest BCUT2D eigenvalue weighted by atomic mass is 31.2. The molecule has 0 saturated carbocycles. The van der Waals surface area contributed by atoms with Gasteiger partial charge >= 0.3 is 13.8 Å². The Bertz CT molecular complexity index is 772. The van der Waals surface area contributed by atoms with Crippen molar-refractivity contribution in [3.63, 3.8) is 0 Å². The lowest BCUT2D eigenvalue weighted by molar-refractivity contribution is -0.154. The number of esters is 1. The fourth-order valence-corrected chi connectivity index (χ4v) is 5.24. The molecule has 0 saturated heterocycles. The highest BCUT2D eigenvalue weighted by Gasteiger charge is 2.25. The van der Waals surface area contributed by atoms with E-state index >= 15 is 0 Å². The Hall–Kier alpha value is -1.28. The largest absolute Gasteiger partial charge is 0.472 e. The van der Waals surface area contributed by atoms with Crippen molar-refractivity contribution in [2.75, 3.05) is 33.0 Å². The standard InChI is InChI=1S/C35H66NO7P/c1-3-5-7-8-9-10-11-12-13-14-15-16-17-18-19-20-21-22-23-24-25-27-30-40-32-34(43-35(37)28-26-6-4-2)33-42-44(38,39)41-31-29-36/h11-12,14-15,17-18,34H,3-10,13,16,19-33,36H2,1-2H3,(H,38,39)/b12-11-,15-14-,18-17-. The van der Waals surface area contributed by atoms with Crippen molar-refractivity contribution in [3.05, 3.63) is 36.5 Å². The number of unbranched alkanes of at least 4 members (excludes halogenated alkanes) is 14. The summed E-state index contributed by atoms with van der Waals surface area (Å²) in [7, 11) is -4.25. The van der Waals surface area contributed by atoms with E-state index in [-0.39, 0.29) is 32.3 Å². The molecule has 3 N–H and O–H groups in total. The Balaban J connectivity index is 3.84. The number of phosphoric acid groups is 1. The van der Waals surface area contributed by atoms with Gasteiger partial charge in [0.1, 0.15) is 6.10 Å². The van der Waals surface area contributed by atoms with Crippen molar-refractivity contribution in [2.45, 2.75) is 148 Å². The summed E-state index contributed by atoms with van der Waals surface area (Å²) in [5.41, 5.74) is 5.30. The molecule has 0 aliphatic carbocycles. The van der Waals surface area contributed by atoms with Crippen molar-refractivity contribution in [3.8, 4) is 0 Å². The second-order valence-electron chi connectivity index (χ2n) is 11.4. The number of carbonyl (C=O) groups is 1. The molecule has 0 bridgehead atoms. The number of rotatable bonds is 33. The maximum atomic E-state index is 12.1. The van der Waals surface area contributed by atoms with Crippen LogP contribution in [0.1, 0.15) is 142 Å². The third-order valence-electron chi connectivity index (χ3n) is 7.06. The predicted octanol–water partition coefficient (Wildman–Crippen LogP) is 9.52. The van der Waals surface area contributed by atoms with Crippen molar-refractivity contribution < 1.29 is 32.8 Å². The summed E-state index contributed by atoms with van der Waals surface area (Å²) in [4.78, 5) is 21.9. The summed E-state index contributed by atoms with van der Waals surface area (Å²) in [6.07, 6.45) is 35.2. The van der Waals surface area contributed by atoms with Gasteiger partial charge in [-0.2, -0.15) is 0 Å². The smallest absolute Gasteiger partial charge is 0.457 e. The van der Waals surface area contributed by atoms with Gasteiger partial charge in [0.05, 0.1) is 19.8 Å². The summed E-state index contributed by atoms with van der Waals surface area (Å²) >= 11 is 0. The maximum absolute atomic E-state index is 12.1. The molecule has 2 atom stereocenters. The van der Waals surface area contributed by atoms with E-state index in [1.54, 1.807) is 0 Å². The molecule has 0 aromatic heterocycles. The zero-order chi connectivity index (χ0) is 32.4. The van der Waals surface area contributed by atoms with Crippen LogP contribution in [0.25, 0.3) is 0 Å². The average Bonchev–Trinajstić information content (AvgIpc) is 3.01. The molecule has 0 aromatic carbocycles. The van der Waals surface area contributed by atoms with Crippen LogP contribution in [0.15, 0.2) is 36.5 Å². The lowest BCUT2D eigenvalue weighted by Gasteiger charge is -2.20. The Labute approximate surface area is 269 Å². The molecule has 8 nitrogen and oxygen atoms in total. The molecular weight excluding hydrogens is 577 g/mol. The van der Waals surface area contributed by atoms with Gasteiger partial charge in [-0.15, -0.1) is 0 Å². The van der Waals surface area contributed by atoms with Gasteiger partial charge in [-0.05, 0) is 51.4 Å². The Morgan fingerprint density at radius 3 is 1.80 bits per heavy atom. The van der Waals surface area contributed by atoms with Crippen LogP contribution in [0.4, 0.5) is 0 Å². The van der Waals surface area contributed by atoms with E-state index in [0.29, 0.717) is 13.0 Å². The number of allylic oxidation sites excluding steroid dienone is 6. The zero-order valence-corrected chi connectivity index (χ0v) is 29.0. The van der Waals surface area contributed by atoms with Crippen LogP contribution in [-0.4, -0.2) is 49.9 Å². The molecule has 0 aliphatic heterocycles. The number of nitrogens with two attached hydrogens (primary N) is 1. The maximum Gasteiger partial charge on any atom is 0.472 e. The van der Waals surface area contributed by atoms with Gasteiger partial charge in [-0.25, -0.2) is 4.57 Å². The molecule has 0 aromatic rings. The zero-order valence-electron chi connectivity index (χ0n) is 28.1. The van der Waals surface area contributed by atoms with E-state index in [2.05, 4.69) is 50.3 Å². The summed E-state index contributed by atoms with van der Waals surface area (Å²) in [6.45, 7) is 4.69. The van der Waals surface area contributed by atoms with Gasteiger partial charge < -0.3 is 20.1 Å². The van der Waals surface area contributed by atoms with Crippen molar-refractivity contribution in [1.82, 2.24) is 0 Å². The number of hydrogen-bond acceptors (Lipinski definition) is 7. The van der Waals surface area contributed by atoms with Crippen LogP contribution < -0.4 is 5.73 Å². The molecule has 0 spiro atoms. The molecule has 258 valence electrons. The summed E-state index contributed by atoms with van der Waals surface area (Å²) in [5, 5.41) is 0. The minimum absolute atomic E-state index is 0.0974. The second kappa shape index (κ2) is 33.1. The highest BCUT2D eigenvalue weighted by molar-refractivity contribution is 7.47. The average molecular weight is 644 g/mol. The number of carbonyl (C=O) groups excluding carboxylic acids is 1. The van der Waals surface area contributed by atoms with Crippen LogP contribution in [0, 0.1) is 0 Å². The predicted molar refractivity (Wildman–Crippen MR) is 183 cm³/mol. The Morgan fingerprint density at radius 2 is 1.20 bits per heavy atom. The monoisotopic (exact) mass is 643 g/mol. The molecule has 0 aliphatic rings. The molecule has 9 heteroatoms. The van der Waals surface area contributed by atoms with E-state index in [9.17, 15) is 14.3 Å². The number of hydrogen-bond donors (Lipinski definition) is 2. The van der Waals surface area contributed by atoms with Crippen molar-refractivity contribution in [1.29, 1.82) is 0 Å². The van der Waals surface area contributed by atoms with E-state index in [0.717, 1.165) is 51.4 Å². The first-order valence-electron chi connectivity index (χ1n) is 17.5. The number of phosphoric ester groups is 1. The Morgan fingerprint density at radius 1 is 0.682 bits per heavy atom. The topological polar surface area (TPSA) is 117 Å². The fraction of sp³-hybridized carbons (Fsp3) is 0.800. The molecule has 0 heterocycles. The van der Waals surface area contributed by atoms with Gasteiger partial charge in [-0.1, -0.05) is 121 Å². The van der Waals surface area contributed by atoms with Crippen LogP contribution >= 0.6 is 7.82 Å². The lowest BCUT2D eigenvalue weighted by atomic mass is 10.1. The van der Waals surface area contributed by atoms with E-state index in [1.165, 1.54) is 70.6 Å². The fourth-order valence-electron chi connectivity index (χ4n) is 4.47. The lowest BCUT2D eigenvalue weighted by Crippen LogP contribution is -2.28. The molecule has 0 rings (SSSR count). The molecule has 0 fully saturated rings. The van der Waals surface area contributed by atoms with Crippen molar-refractivity contribution >= 4 is 13.8 Å². The minimum Gasteiger partial charge on any atom is -0.457 e. The van der Waals surface area contributed by atoms with Gasteiger partial charge in [0, 0.05) is 19.6 Å². The van der Waals surface area contributed by atoms with E-state index in [1.807, 2.05) is 0 Å². The van der Waals surface area contributed by atoms with E-state index in [4.69, 9.17) is 24.3 Å². The van der Waals surface area contributed by atoms with Gasteiger partial charge in [0.15, 0.2) is 0 Å².